The van der Waals surface area contributed by atoms with Gasteiger partial charge in [-0.1, -0.05) is 0 Å². The van der Waals surface area contributed by atoms with Crippen molar-refractivity contribution in [3.63, 3.8) is 0 Å². The van der Waals surface area contributed by atoms with Gasteiger partial charge in [-0.3, -0.25) is 10.1 Å². The normalized spacial score (nSPS) is 10.1. The number of phenolic OH excluding ortho intramolecular Hbond substituents is 1. The van der Waals surface area contributed by atoms with Crippen LogP contribution in [0.4, 0.5) is 5.13 Å². The van der Waals surface area contributed by atoms with E-state index in [1.165, 1.54) is 11.3 Å². The van der Waals surface area contributed by atoms with Crippen LogP contribution < -0.4 is 5.32 Å². The number of hydrogen-bond donors (Lipinski definition) is 2. The summed E-state index contributed by atoms with van der Waals surface area (Å²) in [7, 11) is 0. The molecule has 0 radical (unpaired) electrons. The quantitative estimate of drug-likeness (QED) is 0.667. The van der Waals surface area contributed by atoms with Crippen LogP contribution in [0.5, 0.6) is 5.75 Å². The lowest BCUT2D eigenvalue weighted by Gasteiger charge is -2.00. The minimum Gasteiger partial charge on any atom is -0.508 e. The van der Waals surface area contributed by atoms with Crippen molar-refractivity contribution in [3.05, 3.63) is 29.6 Å². The molecule has 0 unspecified atom stereocenters. The first-order chi connectivity index (χ1) is 9.60. The number of carbonyl (C=O) groups is 2. The Morgan fingerprint density at radius 2 is 2.05 bits per heavy atom. The van der Waals surface area contributed by atoms with E-state index in [1.54, 1.807) is 36.6 Å². The topological polar surface area (TPSA) is 88.5 Å². The van der Waals surface area contributed by atoms with Crippen molar-refractivity contribution in [2.24, 2.45) is 0 Å². The zero-order chi connectivity index (χ0) is 14.5. The van der Waals surface area contributed by atoms with Gasteiger partial charge < -0.3 is 9.84 Å². The van der Waals surface area contributed by atoms with E-state index < -0.39 is 11.9 Å². The lowest BCUT2D eigenvalue weighted by molar-refractivity contribution is -0.152. The summed E-state index contributed by atoms with van der Waals surface area (Å²) < 4.78 is 4.58. The third-order valence-electron chi connectivity index (χ3n) is 2.35. The van der Waals surface area contributed by atoms with Crippen molar-refractivity contribution in [3.8, 4) is 17.0 Å². The van der Waals surface area contributed by atoms with Crippen molar-refractivity contribution in [1.82, 2.24) is 4.98 Å². The molecule has 1 heterocycles. The summed E-state index contributed by atoms with van der Waals surface area (Å²) in [4.78, 5) is 26.8. The zero-order valence-corrected chi connectivity index (χ0v) is 11.4. The Labute approximate surface area is 119 Å². The number of anilines is 1. The molecule has 0 saturated heterocycles. The molecule has 1 aromatic carbocycles. The molecule has 20 heavy (non-hydrogen) atoms. The average molecular weight is 292 g/mol. The summed E-state index contributed by atoms with van der Waals surface area (Å²) in [5.74, 6) is -1.62. The van der Waals surface area contributed by atoms with E-state index in [2.05, 4.69) is 15.0 Å². The molecule has 0 aliphatic carbocycles. The molecule has 104 valence electrons. The number of ether oxygens (including phenoxy) is 1. The van der Waals surface area contributed by atoms with Crippen LogP contribution in [0.3, 0.4) is 0 Å². The second kappa shape index (κ2) is 6.16. The Morgan fingerprint density at radius 1 is 1.35 bits per heavy atom. The molecular weight excluding hydrogens is 280 g/mol. The van der Waals surface area contributed by atoms with Crippen LogP contribution >= 0.6 is 11.3 Å². The van der Waals surface area contributed by atoms with Crippen LogP contribution in [-0.2, 0) is 14.3 Å². The summed E-state index contributed by atoms with van der Waals surface area (Å²) in [5.41, 5.74) is 1.45. The largest absolute Gasteiger partial charge is 0.508 e. The van der Waals surface area contributed by atoms with E-state index in [-0.39, 0.29) is 12.4 Å². The van der Waals surface area contributed by atoms with Gasteiger partial charge in [-0.05, 0) is 31.2 Å². The van der Waals surface area contributed by atoms with Crippen LogP contribution in [0.15, 0.2) is 29.6 Å². The Hall–Kier alpha value is -2.41. The number of amides is 1. The second-order valence-corrected chi connectivity index (χ2v) is 4.62. The number of nitrogens with zero attached hydrogens (tertiary/aromatic N) is 1. The monoisotopic (exact) mass is 292 g/mol. The highest BCUT2D eigenvalue weighted by atomic mass is 32.1. The highest BCUT2D eigenvalue weighted by Crippen LogP contribution is 2.26. The van der Waals surface area contributed by atoms with Crippen molar-refractivity contribution < 1.29 is 19.4 Å². The van der Waals surface area contributed by atoms with Crippen LogP contribution in [-0.4, -0.2) is 28.6 Å². The number of esters is 1. The van der Waals surface area contributed by atoms with Crippen LogP contribution in [0.1, 0.15) is 6.92 Å². The van der Waals surface area contributed by atoms with Gasteiger partial charge in [0.05, 0.1) is 12.3 Å². The third kappa shape index (κ3) is 3.33. The lowest BCUT2D eigenvalue weighted by atomic mass is 10.2. The number of aromatic hydroxyl groups is 1. The first kappa shape index (κ1) is 14.0. The summed E-state index contributed by atoms with van der Waals surface area (Å²) in [6.07, 6.45) is 0. The summed E-state index contributed by atoms with van der Waals surface area (Å²) in [6.45, 7) is 1.76. The molecule has 1 aromatic heterocycles. The maximum absolute atomic E-state index is 11.4. The fraction of sp³-hybridized carbons (Fsp3) is 0.154. The van der Waals surface area contributed by atoms with Gasteiger partial charge in [0.15, 0.2) is 5.13 Å². The van der Waals surface area contributed by atoms with E-state index in [1.807, 2.05) is 0 Å². The number of nitrogens with one attached hydrogen (secondary N) is 1. The summed E-state index contributed by atoms with van der Waals surface area (Å²) in [6, 6.07) is 6.51. The van der Waals surface area contributed by atoms with Crippen molar-refractivity contribution in [1.29, 1.82) is 0 Å². The first-order valence-corrected chi connectivity index (χ1v) is 6.71. The van der Waals surface area contributed by atoms with Gasteiger partial charge in [0, 0.05) is 10.9 Å². The van der Waals surface area contributed by atoms with Crippen molar-refractivity contribution in [2.75, 3.05) is 11.9 Å². The average Bonchev–Trinajstić information content (AvgIpc) is 2.88. The molecule has 7 heteroatoms. The van der Waals surface area contributed by atoms with Gasteiger partial charge in [0.25, 0.3) is 0 Å². The molecule has 6 nitrogen and oxygen atoms in total. The zero-order valence-electron chi connectivity index (χ0n) is 10.6. The van der Waals surface area contributed by atoms with Gasteiger partial charge in [-0.2, -0.15) is 0 Å². The number of thiazole rings is 1. The van der Waals surface area contributed by atoms with E-state index >= 15 is 0 Å². The molecule has 0 spiro atoms. The van der Waals surface area contributed by atoms with Gasteiger partial charge in [0.1, 0.15) is 5.75 Å². The first-order valence-electron chi connectivity index (χ1n) is 5.83. The minimum absolute atomic E-state index is 0.142. The molecule has 2 aromatic rings. The number of benzene rings is 1. The van der Waals surface area contributed by atoms with Crippen LogP contribution in [0.2, 0.25) is 0 Å². The minimum atomic E-state index is -0.936. The smallest absolute Gasteiger partial charge is 0.397 e. The Balaban J connectivity index is 2.07. The van der Waals surface area contributed by atoms with Crippen LogP contribution in [0.25, 0.3) is 11.3 Å². The molecule has 1 amide bonds. The van der Waals surface area contributed by atoms with E-state index in [0.29, 0.717) is 10.8 Å². The van der Waals surface area contributed by atoms with Gasteiger partial charge >= 0.3 is 11.9 Å². The number of phenols is 1. The Bertz CT molecular complexity index is 622. The highest BCUT2D eigenvalue weighted by molar-refractivity contribution is 7.14. The number of hydrogen-bond acceptors (Lipinski definition) is 6. The predicted octanol–water partition coefficient (Wildman–Crippen LogP) is 2.02. The number of rotatable bonds is 3. The molecule has 2 N–H and O–H groups in total. The standard InChI is InChI=1S/C13H12N2O4S/c1-2-19-12(18)11(17)15-13-14-10(7-20-13)8-3-5-9(16)6-4-8/h3-7,16H,2H2,1H3,(H,14,15,17). The van der Waals surface area contributed by atoms with Crippen molar-refractivity contribution >= 4 is 28.3 Å². The van der Waals surface area contributed by atoms with Crippen LogP contribution in [0, 0.1) is 0 Å². The fourth-order valence-electron chi connectivity index (χ4n) is 1.44. The Morgan fingerprint density at radius 3 is 2.70 bits per heavy atom. The molecule has 0 fully saturated rings. The molecule has 0 saturated carbocycles. The molecule has 0 atom stereocenters. The second-order valence-electron chi connectivity index (χ2n) is 3.76. The van der Waals surface area contributed by atoms with E-state index in [0.717, 1.165) is 5.56 Å². The van der Waals surface area contributed by atoms with E-state index in [9.17, 15) is 14.7 Å². The predicted molar refractivity (Wildman–Crippen MR) is 74.5 cm³/mol. The van der Waals surface area contributed by atoms with Gasteiger partial charge in [-0.15, -0.1) is 11.3 Å². The van der Waals surface area contributed by atoms with Crippen molar-refractivity contribution in [2.45, 2.75) is 6.92 Å². The lowest BCUT2D eigenvalue weighted by Crippen LogP contribution is -2.24. The highest BCUT2D eigenvalue weighted by Gasteiger charge is 2.16. The maximum Gasteiger partial charge on any atom is 0.397 e. The third-order valence-corrected chi connectivity index (χ3v) is 3.11. The van der Waals surface area contributed by atoms with Gasteiger partial charge in [-0.25, -0.2) is 9.78 Å². The van der Waals surface area contributed by atoms with Gasteiger partial charge in [0.2, 0.25) is 0 Å². The molecule has 0 aliphatic rings. The molecule has 0 aliphatic heterocycles. The molecule has 0 bridgehead atoms. The summed E-state index contributed by atoms with van der Waals surface area (Å²) in [5, 5.41) is 13.6. The molecule has 2 rings (SSSR count). The van der Waals surface area contributed by atoms with E-state index in [4.69, 9.17) is 0 Å². The fourth-order valence-corrected chi connectivity index (χ4v) is 2.16. The maximum atomic E-state index is 11.4. The Kier molecular flexibility index (Phi) is 4.31. The number of aromatic nitrogens is 1. The SMILES string of the molecule is CCOC(=O)C(=O)Nc1nc(-c2ccc(O)cc2)cs1. The molecular formula is C13H12N2O4S. The summed E-state index contributed by atoms with van der Waals surface area (Å²) >= 11 is 1.20. The number of carbonyl (C=O) groups excluding carboxylic acids is 2.